The van der Waals surface area contributed by atoms with E-state index in [2.05, 4.69) is 12.2 Å². The van der Waals surface area contributed by atoms with Crippen molar-refractivity contribution in [2.24, 2.45) is 0 Å². The number of nitrogens with one attached hydrogen (secondary N) is 1. The molecule has 1 amide bonds. The third-order valence-electron chi connectivity index (χ3n) is 3.60. The topological polar surface area (TPSA) is 51.1 Å². The van der Waals surface area contributed by atoms with Gasteiger partial charge < -0.3 is 9.88 Å². The number of benzene rings is 1. The molecule has 1 N–H and O–H groups in total. The Morgan fingerprint density at radius 3 is 2.81 bits per heavy atom. The lowest BCUT2D eigenvalue weighted by Crippen LogP contribution is -2.31. The number of aromatic nitrogens is 1. The summed E-state index contributed by atoms with van der Waals surface area (Å²) in [6.45, 7) is 4.87. The maximum absolute atomic E-state index is 12.3. The van der Waals surface area contributed by atoms with Crippen LogP contribution in [-0.4, -0.2) is 17.0 Å². The Hall–Kier alpha value is -2.10. The van der Waals surface area contributed by atoms with Crippen LogP contribution in [0, 0.1) is 6.92 Å². The van der Waals surface area contributed by atoms with Crippen molar-refractivity contribution < 1.29 is 4.79 Å². The highest BCUT2D eigenvalue weighted by atomic mass is 16.1. The van der Waals surface area contributed by atoms with Crippen LogP contribution >= 0.6 is 0 Å². The number of nitrogens with zero attached hydrogens (tertiary/aromatic N) is 1. The zero-order valence-electron chi connectivity index (χ0n) is 12.7. The van der Waals surface area contributed by atoms with Gasteiger partial charge in [0.05, 0.1) is 5.52 Å². The molecule has 0 aliphatic rings. The Labute approximate surface area is 124 Å². The summed E-state index contributed by atoms with van der Waals surface area (Å²) >= 11 is 0. The average Bonchev–Trinajstić information content (AvgIpc) is 2.49. The van der Waals surface area contributed by atoms with Gasteiger partial charge in [-0.05, 0) is 30.9 Å². The molecule has 0 bridgehead atoms. The van der Waals surface area contributed by atoms with Gasteiger partial charge in [0, 0.05) is 25.1 Å². The highest BCUT2D eigenvalue weighted by Gasteiger charge is 2.06. The van der Waals surface area contributed by atoms with E-state index in [-0.39, 0.29) is 11.5 Å². The molecule has 0 aliphatic carbocycles. The van der Waals surface area contributed by atoms with Gasteiger partial charge in [0.15, 0.2) is 0 Å². The molecule has 1 aromatic carbocycles. The number of fused-ring (bicyclic) bond motifs is 1. The first kappa shape index (κ1) is 15.3. The number of unbranched alkanes of at least 4 members (excludes halogenated alkanes) is 1. The number of carbonyl (C=O) groups is 1. The molecule has 0 fully saturated rings. The van der Waals surface area contributed by atoms with Crippen LogP contribution in [0.25, 0.3) is 10.9 Å². The predicted octanol–water partition coefficient (Wildman–Crippen LogP) is 2.62. The molecule has 0 atom stereocenters. The van der Waals surface area contributed by atoms with Crippen LogP contribution in [0.3, 0.4) is 0 Å². The van der Waals surface area contributed by atoms with Crippen LogP contribution in [0.15, 0.2) is 35.1 Å². The molecule has 0 radical (unpaired) electrons. The standard InChI is InChI=1S/C17H22N2O2/c1-3-4-9-16(20)18-10-11-19-15-8-6-5-7-14(15)12-13(2)17(19)21/h5-8,12H,3-4,9-11H2,1-2H3,(H,18,20). The summed E-state index contributed by atoms with van der Waals surface area (Å²) in [7, 11) is 0. The first-order valence-corrected chi connectivity index (χ1v) is 7.49. The van der Waals surface area contributed by atoms with E-state index in [9.17, 15) is 9.59 Å². The summed E-state index contributed by atoms with van der Waals surface area (Å²) in [4.78, 5) is 23.9. The zero-order chi connectivity index (χ0) is 15.2. The number of hydrogen-bond donors (Lipinski definition) is 1. The third kappa shape index (κ3) is 3.72. The largest absolute Gasteiger partial charge is 0.354 e. The summed E-state index contributed by atoms with van der Waals surface area (Å²) in [5.74, 6) is 0.0573. The van der Waals surface area contributed by atoms with E-state index in [0.29, 0.717) is 19.5 Å². The average molecular weight is 286 g/mol. The molecule has 0 saturated carbocycles. The summed E-state index contributed by atoms with van der Waals surface area (Å²) in [6.07, 6.45) is 2.47. The minimum Gasteiger partial charge on any atom is -0.354 e. The molecule has 1 aromatic heterocycles. The van der Waals surface area contributed by atoms with Crippen molar-refractivity contribution in [1.82, 2.24) is 9.88 Å². The van der Waals surface area contributed by atoms with Crippen LogP contribution in [-0.2, 0) is 11.3 Å². The maximum atomic E-state index is 12.3. The number of rotatable bonds is 6. The van der Waals surface area contributed by atoms with Gasteiger partial charge in [0.1, 0.15) is 0 Å². The smallest absolute Gasteiger partial charge is 0.254 e. The number of para-hydroxylation sites is 1. The van der Waals surface area contributed by atoms with Gasteiger partial charge in [-0.25, -0.2) is 0 Å². The van der Waals surface area contributed by atoms with E-state index in [0.717, 1.165) is 29.3 Å². The van der Waals surface area contributed by atoms with Gasteiger partial charge in [-0.2, -0.15) is 0 Å². The minimum atomic E-state index is 0.0107. The summed E-state index contributed by atoms with van der Waals surface area (Å²) in [6, 6.07) is 9.73. The molecule has 2 aromatic rings. The maximum Gasteiger partial charge on any atom is 0.254 e. The lowest BCUT2D eigenvalue weighted by molar-refractivity contribution is -0.121. The number of amides is 1. The highest BCUT2D eigenvalue weighted by molar-refractivity contribution is 5.79. The van der Waals surface area contributed by atoms with E-state index in [4.69, 9.17) is 0 Å². The fourth-order valence-corrected chi connectivity index (χ4v) is 2.43. The zero-order valence-corrected chi connectivity index (χ0v) is 12.7. The van der Waals surface area contributed by atoms with Gasteiger partial charge in [-0.15, -0.1) is 0 Å². The Balaban J connectivity index is 2.13. The van der Waals surface area contributed by atoms with Gasteiger partial charge in [0.25, 0.3) is 5.56 Å². The Morgan fingerprint density at radius 1 is 1.29 bits per heavy atom. The molecule has 0 saturated heterocycles. The van der Waals surface area contributed by atoms with Gasteiger partial charge >= 0.3 is 0 Å². The van der Waals surface area contributed by atoms with Gasteiger partial charge in [0.2, 0.25) is 5.91 Å². The normalized spacial score (nSPS) is 10.8. The fraction of sp³-hybridized carbons (Fsp3) is 0.412. The number of pyridine rings is 1. The van der Waals surface area contributed by atoms with Gasteiger partial charge in [-0.3, -0.25) is 9.59 Å². The van der Waals surface area contributed by atoms with Crippen LogP contribution in [0.5, 0.6) is 0 Å². The quantitative estimate of drug-likeness (QED) is 0.887. The molecular weight excluding hydrogens is 264 g/mol. The summed E-state index contributed by atoms with van der Waals surface area (Å²) in [5, 5.41) is 3.93. The molecule has 2 rings (SSSR count). The SMILES string of the molecule is CCCCC(=O)NCCn1c(=O)c(C)cc2ccccc21. The van der Waals surface area contributed by atoms with E-state index in [1.165, 1.54) is 0 Å². The van der Waals surface area contributed by atoms with E-state index in [1.54, 1.807) is 4.57 Å². The van der Waals surface area contributed by atoms with Crippen LogP contribution in [0.4, 0.5) is 0 Å². The third-order valence-corrected chi connectivity index (χ3v) is 3.60. The first-order chi connectivity index (χ1) is 10.1. The predicted molar refractivity (Wildman–Crippen MR) is 85.5 cm³/mol. The van der Waals surface area contributed by atoms with Crippen molar-refractivity contribution in [3.05, 3.63) is 46.2 Å². The summed E-state index contributed by atoms with van der Waals surface area (Å²) in [5.41, 5.74) is 1.65. The molecule has 4 heteroatoms. The molecular formula is C17H22N2O2. The molecule has 0 aliphatic heterocycles. The minimum absolute atomic E-state index is 0.0107. The van der Waals surface area contributed by atoms with Crippen molar-refractivity contribution in [2.45, 2.75) is 39.7 Å². The second kappa shape index (κ2) is 7.07. The van der Waals surface area contributed by atoms with E-state index < -0.39 is 0 Å². The fourth-order valence-electron chi connectivity index (χ4n) is 2.43. The van der Waals surface area contributed by atoms with E-state index >= 15 is 0 Å². The molecule has 0 spiro atoms. The second-order valence-corrected chi connectivity index (χ2v) is 5.30. The first-order valence-electron chi connectivity index (χ1n) is 7.49. The summed E-state index contributed by atoms with van der Waals surface area (Å²) < 4.78 is 1.74. The van der Waals surface area contributed by atoms with Crippen LogP contribution in [0.2, 0.25) is 0 Å². The number of aryl methyl sites for hydroxylation is 1. The number of carbonyl (C=O) groups excluding carboxylic acids is 1. The number of hydrogen-bond acceptors (Lipinski definition) is 2. The van der Waals surface area contributed by atoms with E-state index in [1.807, 2.05) is 37.3 Å². The lowest BCUT2D eigenvalue weighted by atomic mass is 10.1. The molecule has 21 heavy (non-hydrogen) atoms. The Morgan fingerprint density at radius 2 is 2.05 bits per heavy atom. The molecule has 4 nitrogen and oxygen atoms in total. The highest BCUT2D eigenvalue weighted by Crippen LogP contribution is 2.12. The van der Waals surface area contributed by atoms with Crippen molar-refractivity contribution >= 4 is 16.8 Å². The van der Waals surface area contributed by atoms with Crippen LogP contribution in [0.1, 0.15) is 31.7 Å². The molecule has 0 unspecified atom stereocenters. The van der Waals surface area contributed by atoms with Crippen LogP contribution < -0.4 is 10.9 Å². The Bertz CT molecular complexity index is 689. The molecule has 1 heterocycles. The second-order valence-electron chi connectivity index (χ2n) is 5.30. The molecule has 112 valence electrons. The van der Waals surface area contributed by atoms with Crippen molar-refractivity contribution in [2.75, 3.05) is 6.54 Å². The monoisotopic (exact) mass is 286 g/mol. The Kier molecular flexibility index (Phi) is 5.14. The van der Waals surface area contributed by atoms with Crippen molar-refractivity contribution in [3.63, 3.8) is 0 Å². The van der Waals surface area contributed by atoms with Crippen molar-refractivity contribution in [3.8, 4) is 0 Å². The van der Waals surface area contributed by atoms with Crippen molar-refractivity contribution in [1.29, 1.82) is 0 Å². The lowest BCUT2D eigenvalue weighted by Gasteiger charge is -2.12. The van der Waals surface area contributed by atoms with Gasteiger partial charge in [-0.1, -0.05) is 31.5 Å².